The Hall–Kier alpha value is -1.42. The van der Waals surface area contributed by atoms with Crippen LogP contribution in [0.4, 0.5) is 5.69 Å². The van der Waals surface area contributed by atoms with Crippen molar-refractivity contribution in [1.29, 1.82) is 0 Å². The third kappa shape index (κ3) is 1.02. The van der Waals surface area contributed by atoms with Gasteiger partial charge in [0.05, 0.1) is 4.92 Å². The lowest BCUT2D eigenvalue weighted by atomic mass is 9.33. The molecule has 4 nitrogen and oxygen atoms in total. The largest absolute Gasteiger partial charge is 0.330 e. The molecule has 0 heterocycles. The molecule has 0 aliphatic heterocycles. The number of rotatable bonds is 3. The van der Waals surface area contributed by atoms with E-state index >= 15 is 0 Å². The van der Waals surface area contributed by atoms with Crippen molar-refractivity contribution >= 4 is 5.69 Å². The molecule has 3 aliphatic carbocycles. The molecule has 1 aromatic carbocycles. The highest BCUT2D eigenvalue weighted by Crippen LogP contribution is 2.73. The minimum atomic E-state index is -0.273. The van der Waals surface area contributed by atoms with Gasteiger partial charge in [0.1, 0.15) is 0 Å². The first-order chi connectivity index (χ1) is 7.61. The van der Waals surface area contributed by atoms with Gasteiger partial charge < -0.3 is 5.73 Å². The smallest absolute Gasteiger partial charge is 0.273 e. The molecule has 0 radical (unpaired) electrons. The van der Waals surface area contributed by atoms with Gasteiger partial charge in [0.2, 0.25) is 0 Å². The van der Waals surface area contributed by atoms with Crippen molar-refractivity contribution in [3.05, 3.63) is 39.9 Å². The molecule has 4 heteroatoms. The Labute approximate surface area is 93.6 Å². The first kappa shape index (κ1) is 9.78. The zero-order valence-corrected chi connectivity index (χ0v) is 8.98. The standard InChI is InChI=1S/C12H14N2O2/c13-8-11-5-12(6-11,7-11)9-3-1-2-4-10(9)14(15)16/h1-4H,5-8,13H2. The van der Waals surface area contributed by atoms with Gasteiger partial charge in [-0.25, -0.2) is 0 Å². The van der Waals surface area contributed by atoms with E-state index in [1.54, 1.807) is 12.1 Å². The van der Waals surface area contributed by atoms with Crippen LogP contribution in [0.25, 0.3) is 0 Å². The third-order valence-electron chi connectivity index (χ3n) is 4.25. The maximum absolute atomic E-state index is 11.0. The van der Waals surface area contributed by atoms with Gasteiger partial charge in [0.25, 0.3) is 5.69 Å². The number of nitro groups is 1. The van der Waals surface area contributed by atoms with E-state index in [0.717, 1.165) is 31.4 Å². The van der Waals surface area contributed by atoms with Crippen molar-refractivity contribution in [3.63, 3.8) is 0 Å². The predicted octanol–water partition coefficient (Wildman–Crippen LogP) is 1.98. The van der Waals surface area contributed by atoms with Gasteiger partial charge in [-0.3, -0.25) is 10.1 Å². The SMILES string of the molecule is NCC12CC(c3ccccc3[N+](=O)[O-])(C1)C2. The van der Waals surface area contributed by atoms with E-state index in [1.807, 2.05) is 12.1 Å². The third-order valence-corrected chi connectivity index (χ3v) is 4.25. The van der Waals surface area contributed by atoms with Gasteiger partial charge in [-0.1, -0.05) is 18.2 Å². The maximum atomic E-state index is 11.0. The van der Waals surface area contributed by atoms with E-state index in [9.17, 15) is 10.1 Å². The zero-order valence-electron chi connectivity index (χ0n) is 8.98. The summed E-state index contributed by atoms with van der Waals surface area (Å²) >= 11 is 0. The minimum absolute atomic E-state index is 0.0725. The first-order valence-electron chi connectivity index (χ1n) is 5.55. The van der Waals surface area contributed by atoms with Crippen molar-refractivity contribution in [2.45, 2.75) is 24.7 Å². The van der Waals surface area contributed by atoms with E-state index in [-0.39, 0.29) is 16.0 Å². The van der Waals surface area contributed by atoms with Gasteiger partial charge in [-0.15, -0.1) is 0 Å². The fourth-order valence-corrected chi connectivity index (χ4v) is 3.58. The first-order valence-corrected chi connectivity index (χ1v) is 5.55. The lowest BCUT2D eigenvalue weighted by molar-refractivity contribution is -0.387. The van der Waals surface area contributed by atoms with E-state index in [4.69, 9.17) is 5.73 Å². The molecular formula is C12H14N2O2. The van der Waals surface area contributed by atoms with Crippen LogP contribution in [-0.4, -0.2) is 11.5 Å². The van der Waals surface area contributed by atoms with Crippen LogP contribution in [0.5, 0.6) is 0 Å². The number of nitro benzene ring substituents is 1. The molecule has 0 saturated heterocycles. The number of hydrogen-bond acceptors (Lipinski definition) is 3. The van der Waals surface area contributed by atoms with Crippen LogP contribution in [0.2, 0.25) is 0 Å². The van der Waals surface area contributed by atoms with Crippen molar-refractivity contribution in [3.8, 4) is 0 Å². The number of benzene rings is 1. The second-order valence-corrected chi connectivity index (χ2v) is 5.29. The van der Waals surface area contributed by atoms with Crippen LogP contribution in [0.1, 0.15) is 24.8 Å². The summed E-state index contributed by atoms with van der Waals surface area (Å²) in [5, 5.41) is 11.0. The Balaban J connectivity index is 1.95. The molecule has 0 aromatic heterocycles. The topological polar surface area (TPSA) is 69.2 Å². The average Bonchev–Trinajstić information content (AvgIpc) is 2.15. The molecule has 84 valence electrons. The Morgan fingerprint density at radius 1 is 1.31 bits per heavy atom. The lowest BCUT2D eigenvalue weighted by Crippen LogP contribution is -2.67. The summed E-state index contributed by atoms with van der Waals surface area (Å²) in [6.07, 6.45) is 3.09. The summed E-state index contributed by atoms with van der Waals surface area (Å²) in [7, 11) is 0. The fourth-order valence-electron chi connectivity index (χ4n) is 3.58. The summed E-state index contributed by atoms with van der Waals surface area (Å²) < 4.78 is 0. The van der Waals surface area contributed by atoms with Crippen molar-refractivity contribution < 1.29 is 4.92 Å². The van der Waals surface area contributed by atoms with Crippen LogP contribution >= 0.6 is 0 Å². The van der Waals surface area contributed by atoms with Gasteiger partial charge in [0.15, 0.2) is 0 Å². The minimum Gasteiger partial charge on any atom is -0.330 e. The van der Waals surface area contributed by atoms with Crippen LogP contribution < -0.4 is 5.73 Å². The second kappa shape index (κ2) is 2.83. The monoisotopic (exact) mass is 218 g/mol. The van der Waals surface area contributed by atoms with Gasteiger partial charge >= 0.3 is 0 Å². The van der Waals surface area contributed by atoms with E-state index in [0.29, 0.717) is 5.41 Å². The summed E-state index contributed by atoms with van der Waals surface area (Å²) in [5.74, 6) is 0. The highest BCUT2D eigenvalue weighted by molar-refractivity contribution is 5.51. The van der Waals surface area contributed by atoms with Crippen molar-refractivity contribution in [1.82, 2.24) is 0 Å². The Morgan fingerprint density at radius 3 is 2.50 bits per heavy atom. The van der Waals surface area contributed by atoms with Gasteiger partial charge in [-0.05, 0) is 31.2 Å². The fraction of sp³-hybridized carbons (Fsp3) is 0.500. The molecule has 0 atom stereocenters. The predicted molar refractivity (Wildman–Crippen MR) is 60.1 cm³/mol. The van der Waals surface area contributed by atoms with E-state index in [1.165, 1.54) is 0 Å². The number of nitrogens with two attached hydrogens (primary N) is 1. The molecule has 3 fully saturated rings. The molecule has 0 amide bonds. The highest BCUT2D eigenvalue weighted by atomic mass is 16.6. The molecule has 1 aromatic rings. The van der Waals surface area contributed by atoms with E-state index < -0.39 is 0 Å². The summed E-state index contributed by atoms with van der Waals surface area (Å²) in [6, 6.07) is 7.12. The van der Waals surface area contributed by atoms with Crippen LogP contribution in [0, 0.1) is 15.5 Å². The van der Waals surface area contributed by atoms with Crippen molar-refractivity contribution in [2.24, 2.45) is 11.1 Å². The molecule has 4 rings (SSSR count). The molecule has 3 saturated carbocycles. The summed E-state index contributed by atoms with van der Waals surface area (Å²) in [5.41, 5.74) is 7.27. The molecule has 0 unspecified atom stereocenters. The van der Waals surface area contributed by atoms with Crippen molar-refractivity contribution in [2.75, 3.05) is 6.54 Å². The van der Waals surface area contributed by atoms with Gasteiger partial charge in [0, 0.05) is 17.0 Å². The molecule has 2 bridgehead atoms. The molecule has 3 aliphatic rings. The lowest BCUT2D eigenvalue weighted by Gasteiger charge is -2.70. The average molecular weight is 218 g/mol. The van der Waals surface area contributed by atoms with Gasteiger partial charge in [-0.2, -0.15) is 0 Å². The Kier molecular flexibility index (Phi) is 1.73. The van der Waals surface area contributed by atoms with E-state index in [2.05, 4.69) is 0 Å². The van der Waals surface area contributed by atoms with Crippen LogP contribution in [-0.2, 0) is 5.41 Å². The highest BCUT2D eigenvalue weighted by Gasteiger charge is 2.68. The number of hydrogen-bond donors (Lipinski definition) is 1. The van der Waals surface area contributed by atoms with Crippen LogP contribution in [0.15, 0.2) is 24.3 Å². The summed E-state index contributed by atoms with van der Waals surface area (Å²) in [6.45, 7) is 0.718. The molecule has 16 heavy (non-hydrogen) atoms. The number of nitrogens with zero attached hydrogens (tertiary/aromatic N) is 1. The van der Waals surface area contributed by atoms with Crippen LogP contribution in [0.3, 0.4) is 0 Å². The quantitative estimate of drug-likeness (QED) is 0.623. The Morgan fingerprint density at radius 2 is 1.94 bits per heavy atom. The normalized spacial score (nSPS) is 35.1. The maximum Gasteiger partial charge on any atom is 0.273 e. The number of para-hydroxylation sites is 1. The second-order valence-electron chi connectivity index (χ2n) is 5.29. The Bertz CT molecular complexity index is 450. The summed E-state index contributed by atoms with van der Waals surface area (Å²) in [4.78, 5) is 10.7. The molecule has 0 spiro atoms. The zero-order chi connectivity index (χ0) is 11.4. The molecular weight excluding hydrogens is 204 g/mol. The molecule has 2 N–H and O–H groups in total.